The van der Waals surface area contributed by atoms with Crippen molar-refractivity contribution >= 4 is 5.97 Å². The molecule has 2 heteroatoms. The summed E-state index contributed by atoms with van der Waals surface area (Å²) in [5.41, 5.74) is 2.92. The predicted molar refractivity (Wildman–Crippen MR) is 77.5 cm³/mol. The van der Waals surface area contributed by atoms with Gasteiger partial charge in [0, 0.05) is 0 Å². The molecule has 104 valence electrons. The van der Waals surface area contributed by atoms with Gasteiger partial charge in [-0.25, -0.2) is 0 Å². The molecule has 0 amide bonds. The number of carboxylic acid groups (broad SMARTS) is 1. The molecule has 0 aliphatic heterocycles. The summed E-state index contributed by atoms with van der Waals surface area (Å²) >= 11 is 0. The summed E-state index contributed by atoms with van der Waals surface area (Å²) in [6.45, 7) is 6.67. The Bertz CT molecular complexity index is 431. The lowest BCUT2D eigenvalue weighted by Crippen LogP contribution is -2.20. The van der Waals surface area contributed by atoms with Gasteiger partial charge in [0.1, 0.15) is 0 Å². The Morgan fingerprint density at radius 2 is 1.58 bits per heavy atom. The van der Waals surface area contributed by atoms with E-state index in [0.717, 1.165) is 25.7 Å². The van der Waals surface area contributed by atoms with Gasteiger partial charge in [-0.05, 0) is 48.1 Å². The highest BCUT2D eigenvalue weighted by atomic mass is 16.4. The molecule has 1 saturated carbocycles. The van der Waals surface area contributed by atoms with Crippen LogP contribution in [0.25, 0.3) is 0 Å². The fraction of sp³-hybridized carbons (Fsp3) is 0.588. The van der Waals surface area contributed by atoms with Crippen molar-refractivity contribution in [2.45, 2.75) is 57.8 Å². The third-order valence-corrected chi connectivity index (χ3v) is 4.32. The van der Waals surface area contributed by atoms with Crippen LogP contribution < -0.4 is 0 Å². The molecule has 2 rings (SSSR count). The molecule has 0 bridgehead atoms. The molecule has 1 aliphatic rings. The van der Waals surface area contributed by atoms with E-state index in [1.807, 2.05) is 0 Å². The van der Waals surface area contributed by atoms with Gasteiger partial charge < -0.3 is 5.11 Å². The summed E-state index contributed by atoms with van der Waals surface area (Å²) in [5, 5.41) is 9.02. The highest BCUT2D eigenvalue weighted by molar-refractivity contribution is 5.70. The third-order valence-electron chi connectivity index (χ3n) is 4.32. The molecule has 0 unspecified atom stereocenters. The normalized spacial score (nSPS) is 24.2. The molecule has 1 aromatic rings. The summed E-state index contributed by atoms with van der Waals surface area (Å²) in [5.74, 6) is -0.198. The van der Waals surface area contributed by atoms with Crippen molar-refractivity contribution in [1.82, 2.24) is 0 Å². The first-order chi connectivity index (χ1) is 8.88. The Balaban J connectivity index is 2.02. The SMILES string of the molecule is CC(C)(C)c1ccc([C@H]2CC[C@H](C(=O)O)CC2)cc1. The van der Waals surface area contributed by atoms with Gasteiger partial charge in [-0.1, -0.05) is 45.0 Å². The van der Waals surface area contributed by atoms with Crippen LogP contribution in [-0.2, 0) is 10.2 Å². The highest BCUT2D eigenvalue weighted by Gasteiger charge is 2.26. The quantitative estimate of drug-likeness (QED) is 0.858. The van der Waals surface area contributed by atoms with Crippen molar-refractivity contribution in [2.24, 2.45) is 5.92 Å². The number of carbonyl (C=O) groups is 1. The van der Waals surface area contributed by atoms with Gasteiger partial charge in [-0.2, -0.15) is 0 Å². The second kappa shape index (κ2) is 5.36. The van der Waals surface area contributed by atoms with Crippen molar-refractivity contribution < 1.29 is 9.90 Å². The number of aliphatic carboxylic acids is 1. The molecular formula is C17H24O2. The maximum absolute atomic E-state index is 11.0. The van der Waals surface area contributed by atoms with E-state index >= 15 is 0 Å². The first-order valence-corrected chi connectivity index (χ1v) is 7.21. The van der Waals surface area contributed by atoms with Crippen LogP contribution in [0.2, 0.25) is 0 Å². The highest BCUT2D eigenvalue weighted by Crippen LogP contribution is 2.36. The Kier molecular flexibility index (Phi) is 3.98. The molecule has 0 saturated heterocycles. The number of benzene rings is 1. The van der Waals surface area contributed by atoms with Crippen LogP contribution in [0.4, 0.5) is 0 Å². The molecule has 0 spiro atoms. The van der Waals surface area contributed by atoms with Gasteiger partial charge >= 0.3 is 5.97 Å². The lowest BCUT2D eigenvalue weighted by Gasteiger charge is -2.27. The molecule has 0 aromatic heterocycles. The molecule has 19 heavy (non-hydrogen) atoms. The summed E-state index contributed by atoms with van der Waals surface area (Å²) in [6, 6.07) is 8.90. The van der Waals surface area contributed by atoms with Gasteiger partial charge in [0.2, 0.25) is 0 Å². The van der Waals surface area contributed by atoms with Crippen molar-refractivity contribution in [3.63, 3.8) is 0 Å². The lowest BCUT2D eigenvalue weighted by atomic mass is 9.78. The molecule has 1 fully saturated rings. The van der Waals surface area contributed by atoms with Crippen molar-refractivity contribution in [3.05, 3.63) is 35.4 Å². The second-order valence-corrected chi connectivity index (χ2v) is 6.76. The van der Waals surface area contributed by atoms with Crippen LogP contribution >= 0.6 is 0 Å². The van der Waals surface area contributed by atoms with E-state index in [9.17, 15) is 4.79 Å². The molecule has 1 aliphatic carbocycles. The number of rotatable bonds is 2. The van der Waals surface area contributed by atoms with Crippen LogP contribution in [0.15, 0.2) is 24.3 Å². The van der Waals surface area contributed by atoms with Gasteiger partial charge in [0.15, 0.2) is 0 Å². The van der Waals surface area contributed by atoms with Gasteiger partial charge in [0.25, 0.3) is 0 Å². The maximum atomic E-state index is 11.0. The van der Waals surface area contributed by atoms with Crippen LogP contribution in [0.5, 0.6) is 0 Å². The van der Waals surface area contributed by atoms with Gasteiger partial charge in [-0.3, -0.25) is 4.79 Å². The van der Waals surface area contributed by atoms with Crippen LogP contribution in [-0.4, -0.2) is 11.1 Å². The Morgan fingerprint density at radius 3 is 2.00 bits per heavy atom. The molecular weight excluding hydrogens is 236 g/mol. The Hall–Kier alpha value is -1.31. The average Bonchev–Trinajstić information content (AvgIpc) is 2.38. The van der Waals surface area contributed by atoms with E-state index in [1.54, 1.807) is 0 Å². The van der Waals surface area contributed by atoms with Gasteiger partial charge in [0.05, 0.1) is 5.92 Å². The zero-order valence-electron chi connectivity index (χ0n) is 12.1. The zero-order chi connectivity index (χ0) is 14.0. The number of carboxylic acids is 1. The molecule has 0 radical (unpaired) electrons. The van der Waals surface area contributed by atoms with Gasteiger partial charge in [-0.15, -0.1) is 0 Å². The summed E-state index contributed by atoms with van der Waals surface area (Å²) < 4.78 is 0. The predicted octanol–water partition coefficient (Wildman–Crippen LogP) is 4.34. The first-order valence-electron chi connectivity index (χ1n) is 7.21. The Morgan fingerprint density at radius 1 is 1.05 bits per heavy atom. The molecule has 0 atom stereocenters. The lowest BCUT2D eigenvalue weighted by molar-refractivity contribution is -0.142. The average molecular weight is 260 g/mol. The minimum Gasteiger partial charge on any atom is -0.481 e. The maximum Gasteiger partial charge on any atom is 0.306 e. The van der Waals surface area contributed by atoms with E-state index in [1.165, 1.54) is 11.1 Å². The van der Waals surface area contributed by atoms with Crippen LogP contribution in [0, 0.1) is 5.92 Å². The summed E-state index contributed by atoms with van der Waals surface area (Å²) in [4.78, 5) is 11.0. The van der Waals surface area contributed by atoms with Crippen LogP contribution in [0.3, 0.4) is 0 Å². The van der Waals surface area contributed by atoms with E-state index in [4.69, 9.17) is 5.11 Å². The summed E-state index contributed by atoms with van der Waals surface area (Å²) in [7, 11) is 0. The molecule has 2 nitrogen and oxygen atoms in total. The van der Waals surface area contributed by atoms with E-state index in [0.29, 0.717) is 5.92 Å². The zero-order valence-corrected chi connectivity index (χ0v) is 12.1. The summed E-state index contributed by atoms with van der Waals surface area (Å²) in [6.07, 6.45) is 3.65. The molecule has 0 heterocycles. The topological polar surface area (TPSA) is 37.3 Å². The standard InChI is InChI=1S/C17H24O2/c1-17(2,3)15-10-8-13(9-11-15)12-4-6-14(7-5-12)16(18)19/h8-12,14H,4-7H2,1-3H3,(H,18,19)/t12-,14-. The van der Waals surface area contributed by atoms with Crippen molar-refractivity contribution in [2.75, 3.05) is 0 Å². The molecule has 1 N–H and O–H groups in total. The van der Waals surface area contributed by atoms with Crippen molar-refractivity contribution in [3.8, 4) is 0 Å². The van der Waals surface area contributed by atoms with E-state index < -0.39 is 5.97 Å². The minimum absolute atomic E-state index is 0.120. The third kappa shape index (κ3) is 3.37. The van der Waals surface area contributed by atoms with Crippen molar-refractivity contribution in [1.29, 1.82) is 0 Å². The fourth-order valence-corrected chi connectivity index (χ4v) is 2.93. The Labute approximate surface area is 115 Å². The monoisotopic (exact) mass is 260 g/mol. The smallest absolute Gasteiger partial charge is 0.306 e. The number of hydrogen-bond acceptors (Lipinski definition) is 1. The number of hydrogen-bond donors (Lipinski definition) is 1. The fourth-order valence-electron chi connectivity index (χ4n) is 2.93. The van der Waals surface area contributed by atoms with Crippen LogP contribution in [0.1, 0.15) is 63.5 Å². The second-order valence-electron chi connectivity index (χ2n) is 6.76. The van der Waals surface area contributed by atoms with E-state index in [2.05, 4.69) is 45.0 Å². The largest absolute Gasteiger partial charge is 0.481 e. The molecule has 1 aromatic carbocycles. The van der Waals surface area contributed by atoms with E-state index in [-0.39, 0.29) is 11.3 Å². The first kappa shape index (κ1) is 14.1. The minimum atomic E-state index is -0.624.